The smallest absolute Gasteiger partial charge is 0.357 e. The summed E-state index contributed by atoms with van der Waals surface area (Å²) in [5.74, 6) is 0.132. The van der Waals surface area contributed by atoms with E-state index < -0.39 is 15.3 Å². The van der Waals surface area contributed by atoms with Gasteiger partial charge in [-0.3, -0.25) is 0 Å². The van der Waals surface area contributed by atoms with Gasteiger partial charge >= 0.3 is 5.97 Å². The van der Waals surface area contributed by atoms with Crippen molar-refractivity contribution in [1.29, 1.82) is 0 Å². The lowest BCUT2D eigenvalue weighted by molar-refractivity contribution is -0.161. The average Bonchev–Trinajstić information content (AvgIpc) is 2.54. The van der Waals surface area contributed by atoms with E-state index in [2.05, 4.69) is 31.9 Å². The molecule has 0 N–H and O–H groups in total. The maximum atomic E-state index is 12.7. The Labute approximate surface area is 146 Å². The van der Waals surface area contributed by atoms with Crippen LogP contribution in [0, 0.1) is 0 Å². The van der Waals surface area contributed by atoms with E-state index >= 15 is 0 Å². The third kappa shape index (κ3) is 3.52. The molecule has 0 saturated carbocycles. The molecule has 116 valence electrons. The van der Waals surface area contributed by atoms with Gasteiger partial charge in [-0.15, -0.1) is 0 Å². The molecule has 0 unspecified atom stereocenters. The summed E-state index contributed by atoms with van der Waals surface area (Å²) >= 11 is 6.91. The van der Waals surface area contributed by atoms with Gasteiger partial charge in [-0.25, -0.2) is 4.79 Å². The zero-order valence-electron chi connectivity index (χ0n) is 12.0. The Morgan fingerprint density at radius 1 is 1.05 bits per heavy atom. The molecular weight excluding hydrogens is 412 g/mol. The van der Waals surface area contributed by atoms with Gasteiger partial charge in [0.1, 0.15) is 9.49 Å². The van der Waals surface area contributed by atoms with Gasteiger partial charge in [-0.2, -0.15) is 0 Å². The van der Waals surface area contributed by atoms with Crippen LogP contribution in [0.5, 0.6) is 5.75 Å². The summed E-state index contributed by atoms with van der Waals surface area (Å²) in [6, 6.07) is 18.5. The van der Waals surface area contributed by atoms with E-state index in [0.717, 1.165) is 0 Å². The second-order valence-electron chi connectivity index (χ2n) is 4.54. The largest absolute Gasteiger partial charge is 0.469 e. The fourth-order valence-corrected chi connectivity index (χ4v) is 3.17. The number of benzene rings is 2. The standard InChI is InChI=1S/C17H16Br2O3/c1-2-21-16(20)17(15(18)19,13-9-5-3-6-10-13)22-14-11-7-4-8-12-14/h3-12,15H,2H2,1H3/t17-/m1/s1. The van der Waals surface area contributed by atoms with E-state index in [4.69, 9.17) is 9.47 Å². The summed E-state index contributed by atoms with van der Waals surface area (Å²) in [6.45, 7) is 2.05. The van der Waals surface area contributed by atoms with Crippen LogP contribution < -0.4 is 4.74 Å². The van der Waals surface area contributed by atoms with Crippen LogP contribution >= 0.6 is 31.9 Å². The molecule has 0 aliphatic heterocycles. The van der Waals surface area contributed by atoms with Crippen molar-refractivity contribution >= 4 is 37.8 Å². The van der Waals surface area contributed by atoms with Gasteiger partial charge in [-0.05, 0) is 19.1 Å². The second-order valence-corrected chi connectivity index (χ2v) is 7.60. The predicted octanol–water partition coefficient (Wildman–Crippen LogP) is 4.64. The molecule has 0 heterocycles. The van der Waals surface area contributed by atoms with Crippen LogP contribution in [-0.4, -0.2) is 16.3 Å². The number of rotatable bonds is 6. The van der Waals surface area contributed by atoms with Crippen molar-refractivity contribution in [1.82, 2.24) is 0 Å². The van der Waals surface area contributed by atoms with E-state index in [1.54, 1.807) is 19.1 Å². The fourth-order valence-electron chi connectivity index (χ4n) is 2.08. The summed E-state index contributed by atoms with van der Waals surface area (Å²) in [4.78, 5) is 12.7. The molecule has 0 saturated heterocycles. The summed E-state index contributed by atoms with van der Waals surface area (Å²) in [7, 11) is 0. The maximum Gasteiger partial charge on any atom is 0.357 e. The summed E-state index contributed by atoms with van der Waals surface area (Å²) in [6.07, 6.45) is 0. The van der Waals surface area contributed by atoms with Gasteiger partial charge in [0.15, 0.2) is 0 Å². The third-order valence-corrected chi connectivity index (χ3v) is 4.40. The van der Waals surface area contributed by atoms with Crippen molar-refractivity contribution in [2.24, 2.45) is 0 Å². The molecular formula is C17H16Br2O3. The normalized spacial score (nSPS) is 13.5. The van der Waals surface area contributed by atoms with Crippen molar-refractivity contribution < 1.29 is 14.3 Å². The van der Waals surface area contributed by atoms with Gasteiger partial charge in [0.05, 0.1) is 6.61 Å². The minimum atomic E-state index is -1.32. The molecule has 0 radical (unpaired) electrons. The minimum absolute atomic E-state index is 0.276. The third-order valence-electron chi connectivity index (χ3n) is 3.11. The van der Waals surface area contributed by atoms with Gasteiger partial charge in [0, 0.05) is 5.56 Å². The highest BCUT2D eigenvalue weighted by Gasteiger charge is 2.49. The summed E-state index contributed by atoms with van der Waals surface area (Å²) in [5, 5.41) is 0. The first kappa shape index (κ1) is 17.0. The van der Waals surface area contributed by atoms with E-state index in [1.807, 2.05) is 48.5 Å². The lowest BCUT2D eigenvalue weighted by Crippen LogP contribution is -2.48. The average molecular weight is 428 g/mol. The van der Waals surface area contributed by atoms with E-state index in [0.29, 0.717) is 11.3 Å². The predicted molar refractivity (Wildman–Crippen MR) is 93.5 cm³/mol. The molecule has 0 amide bonds. The van der Waals surface area contributed by atoms with Gasteiger partial charge in [0.25, 0.3) is 5.60 Å². The van der Waals surface area contributed by atoms with Gasteiger partial charge in [-0.1, -0.05) is 80.4 Å². The molecule has 0 bridgehead atoms. The Morgan fingerprint density at radius 3 is 2.09 bits per heavy atom. The molecule has 3 nitrogen and oxygen atoms in total. The lowest BCUT2D eigenvalue weighted by Gasteiger charge is -2.34. The van der Waals surface area contributed by atoms with Crippen LogP contribution in [0.1, 0.15) is 12.5 Å². The molecule has 22 heavy (non-hydrogen) atoms. The Bertz CT molecular complexity index is 602. The monoisotopic (exact) mass is 426 g/mol. The van der Waals surface area contributed by atoms with Crippen molar-refractivity contribution in [3.05, 3.63) is 66.2 Å². The van der Waals surface area contributed by atoms with Crippen LogP contribution in [0.15, 0.2) is 60.7 Å². The first-order chi connectivity index (χ1) is 10.6. The zero-order valence-corrected chi connectivity index (χ0v) is 15.2. The first-order valence-corrected chi connectivity index (χ1v) is 8.69. The van der Waals surface area contributed by atoms with Crippen LogP contribution in [-0.2, 0) is 15.1 Å². The molecule has 2 aromatic rings. The highest BCUT2D eigenvalue weighted by atomic mass is 79.9. The van der Waals surface area contributed by atoms with Crippen LogP contribution in [0.25, 0.3) is 0 Å². The molecule has 0 aliphatic rings. The van der Waals surface area contributed by atoms with Crippen molar-refractivity contribution in [3.8, 4) is 5.75 Å². The number of ether oxygens (including phenoxy) is 2. The minimum Gasteiger partial charge on any atom is -0.469 e. The highest BCUT2D eigenvalue weighted by Crippen LogP contribution is 2.39. The number of alkyl halides is 2. The van der Waals surface area contributed by atoms with Crippen molar-refractivity contribution in [3.63, 3.8) is 0 Å². The number of carbonyl (C=O) groups is 1. The number of halogens is 2. The summed E-state index contributed by atoms with van der Waals surface area (Å²) in [5.41, 5.74) is -0.616. The first-order valence-electron chi connectivity index (χ1n) is 6.86. The SMILES string of the molecule is CCOC(=O)[C@@](Oc1ccccc1)(c1ccccc1)C(Br)Br. The Hall–Kier alpha value is -1.33. The molecule has 0 aliphatic carbocycles. The quantitative estimate of drug-likeness (QED) is 0.497. The van der Waals surface area contributed by atoms with E-state index in [1.165, 1.54) is 0 Å². The Kier molecular flexibility index (Phi) is 6.03. The second kappa shape index (κ2) is 7.79. The number of esters is 1. The molecule has 0 aromatic heterocycles. The Balaban J connectivity index is 2.53. The fraction of sp³-hybridized carbons (Fsp3) is 0.235. The number of hydrogen-bond acceptors (Lipinski definition) is 3. The van der Waals surface area contributed by atoms with Crippen LogP contribution in [0.4, 0.5) is 0 Å². The molecule has 1 atom stereocenters. The van der Waals surface area contributed by atoms with Crippen LogP contribution in [0.3, 0.4) is 0 Å². The lowest BCUT2D eigenvalue weighted by atomic mass is 9.95. The molecule has 2 rings (SSSR count). The maximum absolute atomic E-state index is 12.7. The highest BCUT2D eigenvalue weighted by molar-refractivity contribution is 9.24. The van der Waals surface area contributed by atoms with Crippen LogP contribution in [0.2, 0.25) is 0 Å². The Morgan fingerprint density at radius 2 is 1.59 bits per heavy atom. The van der Waals surface area contributed by atoms with Crippen molar-refractivity contribution in [2.45, 2.75) is 16.3 Å². The number of carbonyl (C=O) groups excluding carboxylic acids is 1. The molecule has 2 aromatic carbocycles. The summed E-state index contributed by atoms with van der Waals surface area (Å²) < 4.78 is 10.9. The molecule has 0 spiro atoms. The molecule has 5 heteroatoms. The van der Waals surface area contributed by atoms with Crippen molar-refractivity contribution in [2.75, 3.05) is 6.61 Å². The van der Waals surface area contributed by atoms with Gasteiger partial charge < -0.3 is 9.47 Å². The topological polar surface area (TPSA) is 35.5 Å². The van der Waals surface area contributed by atoms with Gasteiger partial charge in [0.2, 0.25) is 0 Å². The number of para-hydroxylation sites is 1. The zero-order chi connectivity index (χ0) is 16.0. The molecule has 0 fully saturated rings. The number of hydrogen-bond donors (Lipinski definition) is 0. The van der Waals surface area contributed by atoms with E-state index in [9.17, 15) is 4.79 Å². The van der Waals surface area contributed by atoms with E-state index in [-0.39, 0.29) is 6.61 Å².